The molecule has 1 aliphatic rings. The summed E-state index contributed by atoms with van der Waals surface area (Å²) < 4.78 is 5.71. The van der Waals surface area contributed by atoms with Crippen LogP contribution in [0.1, 0.15) is 20.3 Å². The summed E-state index contributed by atoms with van der Waals surface area (Å²) in [7, 11) is 0. The number of benzene rings is 1. The zero-order valence-electron chi connectivity index (χ0n) is 15.2. The van der Waals surface area contributed by atoms with Crippen LogP contribution in [0.15, 0.2) is 35.2 Å². The molecule has 1 aromatic carbocycles. The van der Waals surface area contributed by atoms with Crippen LogP contribution in [0, 0.1) is 0 Å². The lowest BCUT2D eigenvalue weighted by atomic mass is 10.1. The molecular weight excluding hydrogens is 318 g/mol. The highest BCUT2D eigenvalue weighted by molar-refractivity contribution is 7.99. The van der Waals surface area contributed by atoms with Gasteiger partial charge in [-0.05, 0) is 31.6 Å². The summed E-state index contributed by atoms with van der Waals surface area (Å²) in [5.74, 6) is 0.981. The minimum atomic E-state index is 0.243. The van der Waals surface area contributed by atoms with E-state index in [4.69, 9.17) is 10.5 Å². The molecule has 0 aliphatic carbocycles. The van der Waals surface area contributed by atoms with Crippen LogP contribution < -0.4 is 5.73 Å². The minimum absolute atomic E-state index is 0.243. The maximum absolute atomic E-state index is 6.35. The molecule has 1 fully saturated rings. The summed E-state index contributed by atoms with van der Waals surface area (Å²) in [5.41, 5.74) is 6.35. The summed E-state index contributed by atoms with van der Waals surface area (Å²) in [6, 6.07) is 11.3. The van der Waals surface area contributed by atoms with Crippen molar-refractivity contribution in [2.75, 3.05) is 51.7 Å². The van der Waals surface area contributed by atoms with E-state index in [9.17, 15) is 0 Å². The second kappa shape index (κ2) is 11.1. The Morgan fingerprint density at radius 1 is 1.29 bits per heavy atom. The van der Waals surface area contributed by atoms with Crippen LogP contribution in [0.5, 0.6) is 0 Å². The van der Waals surface area contributed by atoms with Gasteiger partial charge in [-0.3, -0.25) is 4.90 Å². The van der Waals surface area contributed by atoms with Gasteiger partial charge in [0.25, 0.3) is 0 Å². The molecule has 2 atom stereocenters. The molecule has 0 bridgehead atoms. The molecular formula is C19H33N3OS. The maximum atomic E-state index is 6.35. The number of thioether (sulfide) groups is 1. The summed E-state index contributed by atoms with van der Waals surface area (Å²) in [6.07, 6.45) is 1.05. The first-order valence-corrected chi connectivity index (χ1v) is 10.2. The first kappa shape index (κ1) is 19.7. The van der Waals surface area contributed by atoms with Gasteiger partial charge in [0.1, 0.15) is 0 Å². The third-order valence-electron chi connectivity index (χ3n) is 4.71. The average Bonchev–Trinajstić information content (AvgIpc) is 2.64. The van der Waals surface area contributed by atoms with E-state index in [2.05, 4.69) is 54.0 Å². The number of likely N-dealkylation sites (N-methyl/N-ethyl adjacent to an activating group) is 1. The van der Waals surface area contributed by atoms with Crippen LogP contribution in [0.4, 0.5) is 0 Å². The number of hydrogen-bond acceptors (Lipinski definition) is 5. The fraction of sp³-hybridized carbons (Fsp3) is 0.684. The minimum Gasteiger partial charge on any atom is -0.378 e. The number of morpholine rings is 1. The lowest BCUT2D eigenvalue weighted by Gasteiger charge is -2.38. The van der Waals surface area contributed by atoms with E-state index in [0.717, 1.165) is 58.1 Å². The van der Waals surface area contributed by atoms with E-state index >= 15 is 0 Å². The Kier molecular flexibility index (Phi) is 9.13. The Morgan fingerprint density at radius 2 is 2.04 bits per heavy atom. The van der Waals surface area contributed by atoms with Crippen LogP contribution in [-0.2, 0) is 4.74 Å². The third-order valence-corrected chi connectivity index (χ3v) is 5.91. The van der Waals surface area contributed by atoms with Gasteiger partial charge in [0.2, 0.25) is 0 Å². The fourth-order valence-electron chi connectivity index (χ4n) is 3.07. The molecule has 5 heteroatoms. The Labute approximate surface area is 151 Å². The summed E-state index contributed by atoms with van der Waals surface area (Å²) in [6.45, 7) is 11.6. The highest BCUT2D eigenvalue weighted by Crippen LogP contribution is 2.18. The van der Waals surface area contributed by atoms with Crippen molar-refractivity contribution in [3.05, 3.63) is 30.3 Å². The van der Waals surface area contributed by atoms with Gasteiger partial charge in [-0.15, -0.1) is 11.8 Å². The van der Waals surface area contributed by atoms with Crippen LogP contribution in [0.25, 0.3) is 0 Å². The molecule has 0 unspecified atom stereocenters. The fourth-order valence-corrected chi connectivity index (χ4v) is 3.99. The Balaban J connectivity index is 1.73. The van der Waals surface area contributed by atoms with Gasteiger partial charge in [0, 0.05) is 42.4 Å². The Morgan fingerprint density at radius 3 is 2.75 bits per heavy atom. The number of rotatable bonds is 10. The van der Waals surface area contributed by atoms with Crippen molar-refractivity contribution < 1.29 is 4.74 Å². The van der Waals surface area contributed by atoms with Crippen LogP contribution in [-0.4, -0.2) is 73.6 Å². The van der Waals surface area contributed by atoms with Crippen molar-refractivity contribution in [3.8, 4) is 0 Å². The molecule has 1 aliphatic heterocycles. The second-order valence-corrected chi connectivity index (χ2v) is 7.52. The molecule has 0 spiro atoms. The highest BCUT2D eigenvalue weighted by Gasteiger charge is 2.24. The molecule has 1 aromatic rings. The standard InChI is InChI=1S/C19H33N3OS/c1-3-21(4-2)14-18-15-23-13-12-22(18)11-10-17(20)16-24-19-8-6-5-7-9-19/h5-9,17-18H,3-4,10-16,20H2,1-2H3/t17-,18-/m1/s1. The van der Waals surface area contributed by atoms with Crippen molar-refractivity contribution in [3.63, 3.8) is 0 Å². The molecule has 0 aromatic heterocycles. The first-order valence-electron chi connectivity index (χ1n) is 9.20. The largest absolute Gasteiger partial charge is 0.378 e. The van der Waals surface area contributed by atoms with E-state index < -0.39 is 0 Å². The molecule has 136 valence electrons. The first-order chi connectivity index (χ1) is 11.7. The van der Waals surface area contributed by atoms with Crippen molar-refractivity contribution in [2.24, 2.45) is 5.73 Å². The Bertz CT molecular complexity index is 441. The van der Waals surface area contributed by atoms with Crippen molar-refractivity contribution in [1.82, 2.24) is 9.80 Å². The molecule has 1 heterocycles. The number of ether oxygens (including phenoxy) is 1. The summed E-state index contributed by atoms with van der Waals surface area (Å²) >= 11 is 1.86. The normalized spacial score (nSPS) is 20.4. The predicted octanol–water partition coefficient (Wildman–Crippen LogP) is 2.54. The SMILES string of the molecule is CCN(CC)C[C@@H]1COCCN1CC[C@@H](N)CSc1ccccc1. The zero-order chi connectivity index (χ0) is 17.2. The van der Waals surface area contributed by atoms with Gasteiger partial charge in [0.05, 0.1) is 13.2 Å². The van der Waals surface area contributed by atoms with Gasteiger partial charge in [-0.25, -0.2) is 0 Å². The monoisotopic (exact) mass is 351 g/mol. The molecule has 4 nitrogen and oxygen atoms in total. The van der Waals surface area contributed by atoms with Crippen molar-refractivity contribution in [1.29, 1.82) is 0 Å². The molecule has 0 saturated carbocycles. The zero-order valence-corrected chi connectivity index (χ0v) is 16.0. The van der Waals surface area contributed by atoms with Crippen molar-refractivity contribution in [2.45, 2.75) is 37.2 Å². The number of nitrogens with zero attached hydrogens (tertiary/aromatic N) is 2. The van der Waals surface area contributed by atoms with Gasteiger partial charge in [0.15, 0.2) is 0 Å². The summed E-state index contributed by atoms with van der Waals surface area (Å²) in [5, 5.41) is 0. The molecule has 1 saturated heterocycles. The number of nitrogens with two attached hydrogens (primary N) is 1. The molecule has 0 amide bonds. The van der Waals surface area contributed by atoms with E-state index in [1.54, 1.807) is 0 Å². The molecule has 2 N–H and O–H groups in total. The lowest BCUT2D eigenvalue weighted by molar-refractivity contribution is -0.0197. The van der Waals surface area contributed by atoms with E-state index in [0.29, 0.717) is 6.04 Å². The quantitative estimate of drug-likeness (QED) is 0.656. The van der Waals surface area contributed by atoms with E-state index in [1.807, 2.05) is 11.8 Å². The van der Waals surface area contributed by atoms with E-state index in [-0.39, 0.29) is 6.04 Å². The summed E-state index contributed by atoms with van der Waals surface area (Å²) in [4.78, 5) is 6.37. The van der Waals surface area contributed by atoms with Gasteiger partial charge >= 0.3 is 0 Å². The Hall–Kier alpha value is -0.590. The van der Waals surface area contributed by atoms with E-state index in [1.165, 1.54) is 4.90 Å². The van der Waals surface area contributed by atoms with Gasteiger partial charge in [-0.2, -0.15) is 0 Å². The van der Waals surface area contributed by atoms with Crippen LogP contribution >= 0.6 is 11.8 Å². The number of hydrogen-bond donors (Lipinski definition) is 1. The third kappa shape index (κ3) is 6.73. The van der Waals surface area contributed by atoms with Crippen LogP contribution in [0.3, 0.4) is 0 Å². The lowest BCUT2D eigenvalue weighted by Crippen LogP contribution is -2.52. The predicted molar refractivity (Wildman–Crippen MR) is 104 cm³/mol. The van der Waals surface area contributed by atoms with Gasteiger partial charge in [-0.1, -0.05) is 32.0 Å². The van der Waals surface area contributed by atoms with Crippen LogP contribution in [0.2, 0.25) is 0 Å². The topological polar surface area (TPSA) is 41.7 Å². The van der Waals surface area contributed by atoms with Gasteiger partial charge < -0.3 is 15.4 Å². The van der Waals surface area contributed by atoms with Crippen molar-refractivity contribution >= 4 is 11.8 Å². The highest BCUT2D eigenvalue weighted by atomic mass is 32.2. The smallest absolute Gasteiger partial charge is 0.0634 e. The molecule has 24 heavy (non-hydrogen) atoms. The second-order valence-electron chi connectivity index (χ2n) is 6.42. The average molecular weight is 352 g/mol. The molecule has 0 radical (unpaired) electrons. The maximum Gasteiger partial charge on any atom is 0.0634 e. The molecule has 2 rings (SSSR count).